The second kappa shape index (κ2) is 6.83. The second-order valence-electron chi connectivity index (χ2n) is 3.39. The zero-order chi connectivity index (χ0) is 13.5. The maximum atomic E-state index is 12.7. The fraction of sp³-hybridized carbons (Fsp3) is 0.214. The van der Waals surface area contributed by atoms with Gasteiger partial charge in [-0.2, -0.15) is 0 Å². The number of allylic oxidation sites excluding steroid dienone is 1. The smallest absolute Gasteiger partial charge is 0.347 e. The van der Waals surface area contributed by atoms with E-state index in [9.17, 15) is 9.18 Å². The Balaban J connectivity index is 2.96. The van der Waals surface area contributed by atoms with Crippen LogP contribution in [-0.4, -0.2) is 12.6 Å². The molecule has 2 nitrogen and oxygen atoms in total. The van der Waals surface area contributed by atoms with Gasteiger partial charge in [0, 0.05) is 10.6 Å². The van der Waals surface area contributed by atoms with E-state index in [4.69, 9.17) is 16.3 Å². The second-order valence-corrected chi connectivity index (χ2v) is 3.95. The zero-order valence-electron chi connectivity index (χ0n) is 10.1. The molecule has 0 atom stereocenters. The number of hydrogen-bond acceptors (Lipinski definition) is 2. The Morgan fingerprint density at radius 3 is 2.50 bits per heavy atom. The van der Waals surface area contributed by atoms with Gasteiger partial charge >= 0.3 is 5.97 Å². The maximum absolute atomic E-state index is 12.7. The third kappa shape index (κ3) is 4.23. The van der Waals surface area contributed by atoms with Crippen molar-refractivity contribution in [1.29, 1.82) is 0 Å². The number of ether oxygens (including phenoxy) is 1. The van der Waals surface area contributed by atoms with Gasteiger partial charge in [0.2, 0.25) is 0 Å². The molecule has 0 heterocycles. The normalized spacial score (nSPS) is 11.1. The van der Waals surface area contributed by atoms with E-state index in [1.54, 1.807) is 13.8 Å². The van der Waals surface area contributed by atoms with E-state index < -0.39 is 5.97 Å². The van der Waals surface area contributed by atoms with E-state index in [1.165, 1.54) is 24.3 Å². The lowest BCUT2D eigenvalue weighted by atomic mass is 10.2. The molecule has 0 N–H and O–H groups in total. The zero-order valence-corrected chi connectivity index (χ0v) is 10.8. The van der Waals surface area contributed by atoms with Crippen LogP contribution in [0.2, 0.25) is 0 Å². The molecule has 0 fully saturated rings. The lowest BCUT2D eigenvalue weighted by molar-refractivity contribution is -0.138. The molecule has 0 unspecified atom stereocenters. The quantitative estimate of drug-likeness (QED) is 0.467. The number of benzene rings is 1. The fourth-order valence-electron chi connectivity index (χ4n) is 1.15. The molecule has 0 aliphatic carbocycles. The van der Waals surface area contributed by atoms with Gasteiger partial charge in [-0.25, -0.2) is 9.18 Å². The molecular formula is C14H12ClFO2. The van der Waals surface area contributed by atoms with Gasteiger partial charge in [-0.15, -0.1) is 0 Å². The standard InChI is InChI=1S/C14H12ClFO2/c1-3-18-14(17)13(10(2)15)9-6-11-4-7-12(16)8-5-11/h4-5,7-8H,3H2,1-2H3/b13-10-. The fourth-order valence-corrected chi connectivity index (χ4v) is 1.27. The molecule has 1 rings (SSSR count). The SMILES string of the molecule is CCOC(=O)/C(C#Cc1ccc(F)cc1)=C(/C)Cl. The molecule has 0 saturated heterocycles. The average Bonchev–Trinajstić information content (AvgIpc) is 2.31. The topological polar surface area (TPSA) is 26.3 Å². The molecular weight excluding hydrogens is 255 g/mol. The minimum Gasteiger partial charge on any atom is -0.462 e. The molecule has 4 heteroatoms. The predicted octanol–water partition coefficient (Wildman–Crippen LogP) is 3.25. The summed E-state index contributed by atoms with van der Waals surface area (Å²) in [6, 6.07) is 5.64. The van der Waals surface area contributed by atoms with E-state index >= 15 is 0 Å². The summed E-state index contributed by atoms with van der Waals surface area (Å²) in [7, 11) is 0. The highest BCUT2D eigenvalue weighted by molar-refractivity contribution is 6.31. The van der Waals surface area contributed by atoms with Gasteiger partial charge in [-0.05, 0) is 38.1 Å². The molecule has 0 saturated carbocycles. The van der Waals surface area contributed by atoms with Crippen molar-refractivity contribution in [2.24, 2.45) is 0 Å². The van der Waals surface area contributed by atoms with Gasteiger partial charge in [0.05, 0.1) is 6.61 Å². The molecule has 0 bridgehead atoms. The lowest BCUT2D eigenvalue weighted by Gasteiger charge is -2.01. The summed E-state index contributed by atoms with van der Waals surface area (Å²) in [5, 5.41) is 0.267. The Bertz CT molecular complexity index is 517. The van der Waals surface area contributed by atoms with E-state index in [-0.39, 0.29) is 23.0 Å². The summed E-state index contributed by atoms with van der Waals surface area (Å²) in [6.45, 7) is 3.52. The monoisotopic (exact) mass is 266 g/mol. The van der Waals surface area contributed by atoms with Crippen molar-refractivity contribution in [3.8, 4) is 11.8 Å². The predicted molar refractivity (Wildman–Crippen MR) is 68.5 cm³/mol. The first kappa shape index (κ1) is 14.3. The van der Waals surface area contributed by atoms with Gasteiger partial charge < -0.3 is 4.74 Å². The summed E-state index contributed by atoms with van der Waals surface area (Å²) in [5.41, 5.74) is 0.707. The highest BCUT2D eigenvalue weighted by Gasteiger charge is 2.10. The van der Waals surface area contributed by atoms with Crippen LogP contribution in [0.1, 0.15) is 19.4 Å². The summed E-state index contributed by atoms with van der Waals surface area (Å²) in [6.07, 6.45) is 0. The van der Waals surface area contributed by atoms with Crippen LogP contribution in [0.5, 0.6) is 0 Å². The number of halogens is 2. The van der Waals surface area contributed by atoms with Crippen LogP contribution in [-0.2, 0) is 9.53 Å². The van der Waals surface area contributed by atoms with Gasteiger partial charge in [-0.1, -0.05) is 23.4 Å². The van der Waals surface area contributed by atoms with Gasteiger partial charge in [0.1, 0.15) is 11.4 Å². The van der Waals surface area contributed by atoms with Crippen molar-refractivity contribution in [1.82, 2.24) is 0 Å². The Morgan fingerprint density at radius 2 is 2.00 bits per heavy atom. The molecule has 0 spiro atoms. The minimum absolute atomic E-state index is 0.114. The summed E-state index contributed by atoms with van der Waals surface area (Å²) in [4.78, 5) is 11.5. The highest BCUT2D eigenvalue weighted by atomic mass is 35.5. The maximum Gasteiger partial charge on any atom is 0.347 e. The van der Waals surface area contributed by atoms with Crippen molar-refractivity contribution in [3.05, 3.63) is 46.3 Å². The van der Waals surface area contributed by atoms with E-state index in [1.807, 2.05) is 0 Å². The van der Waals surface area contributed by atoms with Crippen molar-refractivity contribution < 1.29 is 13.9 Å². The third-order valence-electron chi connectivity index (χ3n) is 2.00. The molecule has 0 aromatic heterocycles. The van der Waals surface area contributed by atoms with Crippen molar-refractivity contribution in [2.75, 3.05) is 6.61 Å². The van der Waals surface area contributed by atoms with Crippen molar-refractivity contribution in [3.63, 3.8) is 0 Å². The number of carbonyl (C=O) groups excluding carboxylic acids is 1. The van der Waals surface area contributed by atoms with Crippen LogP contribution in [0.15, 0.2) is 34.9 Å². The molecule has 0 aliphatic rings. The number of hydrogen-bond donors (Lipinski definition) is 0. The molecule has 1 aromatic rings. The number of esters is 1. The first-order valence-electron chi connectivity index (χ1n) is 5.35. The largest absolute Gasteiger partial charge is 0.462 e. The Hall–Kier alpha value is -1.79. The van der Waals surface area contributed by atoms with Crippen LogP contribution in [0, 0.1) is 17.7 Å². The van der Waals surface area contributed by atoms with Gasteiger partial charge in [-0.3, -0.25) is 0 Å². The molecule has 1 aromatic carbocycles. The van der Waals surface area contributed by atoms with Crippen LogP contribution in [0.4, 0.5) is 4.39 Å². The first-order chi connectivity index (χ1) is 8.54. The van der Waals surface area contributed by atoms with Crippen molar-refractivity contribution in [2.45, 2.75) is 13.8 Å². The first-order valence-corrected chi connectivity index (χ1v) is 5.73. The van der Waals surface area contributed by atoms with Gasteiger partial charge in [0.15, 0.2) is 0 Å². The average molecular weight is 267 g/mol. The Labute approximate surface area is 110 Å². The van der Waals surface area contributed by atoms with E-state index in [0.29, 0.717) is 5.56 Å². The van der Waals surface area contributed by atoms with Crippen LogP contribution < -0.4 is 0 Å². The third-order valence-corrected chi connectivity index (χ3v) is 2.19. The number of carbonyl (C=O) groups is 1. The number of rotatable bonds is 2. The van der Waals surface area contributed by atoms with E-state index in [0.717, 1.165) is 0 Å². The van der Waals surface area contributed by atoms with Crippen LogP contribution in [0.3, 0.4) is 0 Å². The van der Waals surface area contributed by atoms with Crippen molar-refractivity contribution >= 4 is 17.6 Å². The summed E-state index contributed by atoms with van der Waals surface area (Å²) >= 11 is 5.78. The van der Waals surface area contributed by atoms with Gasteiger partial charge in [0.25, 0.3) is 0 Å². The summed E-state index contributed by atoms with van der Waals surface area (Å²) < 4.78 is 17.5. The Kier molecular flexibility index (Phi) is 5.41. The minimum atomic E-state index is -0.556. The van der Waals surface area contributed by atoms with Crippen LogP contribution in [0.25, 0.3) is 0 Å². The van der Waals surface area contributed by atoms with Crippen LogP contribution >= 0.6 is 11.6 Å². The Morgan fingerprint density at radius 1 is 1.39 bits per heavy atom. The molecule has 0 amide bonds. The molecule has 0 aliphatic heterocycles. The lowest BCUT2D eigenvalue weighted by Crippen LogP contribution is -2.07. The molecule has 0 radical (unpaired) electrons. The van der Waals surface area contributed by atoms with E-state index in [2.05, 4.69) is 11.8 Å². The molecule has 18 heavy (non-hydrogen) atoms. The summed E-state index contributed by atoms with van der Waals surface area (Å²) in [5.74, 6) is 4.48. The highest BCUT2D eigenvalue weighted by Crippen LogP contribution is 2.10. The molecule has 94 valence electrons.